The molecule has 9 aliphatic rings. The second-order valence-electron chi connectivity index (χ2n) is 27.5. The monoisotopic (exact) mass is 1600 g/mol. The number of carbonyl (C=O) groups excluding carboxylic acids is 3. The van der Waals surface area contributed by atoms with Gasteiger partial charge in [0.25, 0.3) is 0 Å². The Morgan fingerprint density at radius 3 is 0.844 bits per heavy atom. The maximum atomic E-state index is 12.9. The van der Waals surface area contributed by atoms with Crippen LogP contribution in [0.3, 0.4) is 0 Å². The summed E-state index contributed by atoms with van der Waals surface area (Å²) in [6.45, 7) is -6.32. The summed E-state index contributed by atoms with van der Waals surface area (Å²) in [5, 5.41) is 291. The molecule has 0 unspecified atom stereocenters. The van der Waals surface area contributed by atoms with Crippen molar-refractivity contribution in [1.29, 1.82) is 0 Å². The highest BCUT2D eigenvalue weighted by Crippen LogP contribution is 2.39. The van der Waals surface area contributed by atoms with Crippen LogP contribution in [0.2, 0.25) is 0 Å². The Morgan fingerprint density at radius 2 is 0.486 bits per heavy atom. The summed E-state index contributed by atoms with van der Waals surface area (Å²) in [6.07, 6.45) is -84.2. The van der Waals surface area contributed by atoms with E-state index in [1.807, 2.05) is 0 Å². The van der Waals surface area contributed by atoms with Gasteiger partial charge in [-0.3, -0.25) is 14.4 Å². The van der Waals surface area contributed by atoms with E-state index in [0.717, 1.165) is 20.8 Å². The molecule has 0 radical (unpaired) electrons. The van der Waals surface area contributed by atoms with E-state index in [4.69, 9.17) is 80.5 Å². The van der Waals surface area contributed by atoms with Gasteiger partial charge in [-0.1, -0.05) is 0 Å². The van der Waals surface area contributed by atoms with Crippen LogP contribution in [0.4, 0.5) is 0 Å². The third-order valence-corrected chi connectivity index (χ3v) is 19.9. The number of hydrogen-bond donors (Lipinski definition) is 29. The van der Waals surface area contributed by atoms with Crippen molar-refractivity contribution in [3.63, 3.8) is 0 Å². The normalized spacial score (nSPS) is 50.0. The predicted octanol–water partition coefficient (Wildman–Crippen LogP) is -20.2. The van der Waals surface area contributed by atoms with E-state index in [-0.39, 0.29) is 0 Å². The van der Waals surface area contributed by atoms with Gasteiger partial charge >= 0.3 is 0 Å². The van der Waals surface area contributed by atoms with Gasteiger partial charge in [-0.05, 0) is 0 Å². The number of aliphatic hydroxyl groups is 26. The fourth-order valence-corrected chi connectivity index (χ4v) is 14.0. The minimum atomic E-state index is -2.41. The molecule has 3 amide bonds. The van der Waals surface area contributed by atoms with Crippen LogP contribution in [-0.4, -0.2) is 486 Å². The predicted molar refractivity (Wildman–Crippen MR) is 332 cm³/mol. The lowest BCUT2D eigenvalue weighted by atomic mass is 9.94. The van der Waals surface area contributed by atoms with Crippen molar-refractivity contribution in [3.8, 4) is 0 Å². The van der Waals surface area contributed by atoms with Crippen LogP contribution < -0.4 is 16.0 Å². The van der Waals surface area contributed by atoms with Crippen LogP contribution in [0.5, 0.6) is 0 Å². The average Bonchev–Trinajstić information content (AvgIpc) is 0.778. The number of carbonyl (C=O) groups is 3. The Hall–Kier alpha value is -3.31. The van der Waals surface area contributed by atoms with Gasteiger partial charge < -0.3 is 229 Å². The third-order valence-electron chi connectivity index (χ3n) is 19.9. The van der Waals surface area contributed by atoms with Crippen LogP contribution in [0.15, 0.2) is 0 Å². The molecule has 9 aliphatic heterocycles. The SMILES string of the molecule is CC(=O)N[C@H]1[C@H](OC[C@H]2O[C@H](OC[C@H]3O[C@@H](O)[C@@H](O)[C@@H](O[C@H]4O[C@H](CO)[C@@H](O[C@@H]5O[C@H](CO)[C@@H](O[C@@H]6O[C@H](CO)[C@H](O)[C@H](O)[C@H]6O)[C@H](O)[C@H]5NC(C)=O)[C@H](O)[C@@H]4O)[C@@H]3O)[C@@H](O[C@@H]3O[C@H](CO)[C@@H](O[C@@H]4O[C@H](CO)[C@H](O)[C@H](O)[C@H]4O)[C@H](O)[C@H]3NC(C)=O)[C@@H](O)[C@@H]2O)O[C@H](CO)[C@@H](O[C@@H]2O[C@H](CO)[C@H](O)[C@H](O)[C@H]2O)[C@@H]1O. The minimum absolute atomic E-state index is 0.865. The molecule has 0 bridgehead atoms. The Balaban J connectivity index is 0.942. The zero-order valence-electron chi connectivity index (χ0n) is 58.1. The third kappa shape index (κ3) is 19.7. The molecule has 109 heavy (non-hydrogen) atoms. The van der Waals surface area contributed by atoms with Crippen LogP contribution in [0.25, 0.3) is 0 Å². The molecule has 9 saturated heterocycles. The standard InChI is InChI=1S/C60H101N3O46/c1-13(71)61-25-33(79)46(105-56-41(87)36(82)28(74)16(4-64)96-56)19(7-67)99-53(25)93-11-23-31(77)39(85)51(109-55-27(63-15(3)73)35(81)48(21(9-69)101-55)107-58-43(89)38(84)30(76)18(6-66)98-58)60(103-23)94-12-24-32(78)50(45(91)52(92)95-24)108-59-44(90)40(86)49(22(10-70)102-59)104-54-26(62-14(2)72)34(80)47(20(8-68)100-54)106-57-42(88)37(83)29(75)17(5-65)97-57/h16-60,64-70,74-92H,4-12H2,1-3H3,(H,61,71)(H,62,72)(H,63,73)/t16-,17-,18-,19-,20-,21-,22-,23-,24-,25-,26-,27-,28+,29+,30+,31-,32-,33-,34-,35-,36+,37+,38+,39+,40-,41-,42-,43-,44+,45+,46-,47-,48-,49-,50+,51+,52-,53-,54+,55+,56+,57+,58+,59-,60+/m1/s1. The highest BCUT2D eigenvalue weighted by atomic mass is 16.8. The molecule has 9 heterocycles. The lowest BCUT2D eigenvalue weighted by Gasteiger charge is -2.50. The number of rotatable bonds is 28. The Bertz CT molecular complexity index is 2840. The van der Waals surface area contributed by atoms with E-state index in [0.29, 0.717) is 0 Å². The average molecular weight is 1600 g/mol. The molecule has 45 atom stereocenters. The summed E-state index contributed by atoms with van der Waals surface area (Å²) < 4.78 is 98.5. The molecular weight excluding hydrogens is 1500 g/mol. The van der Waals surface area contributed by atoms with Crippen molar-refractivity contribution in [3.05, 3.63) is 0 Å². The van der Waals surface area contributed by atoms with Crippen molar-refractivity contribution in [1.82, 2.24) is 16.0 Å². The van der Waals surface area contributed by atoms with Gasteiger partial charge in [0.15, 0.2) is 56.6 Å². The molecule has 0 aromatic heterocycles. The fourth-order valence-electron chi connectivity index (χ4n) is 14.0. The number of nitrogens with one attached hydrogen (secondary N) is 3. The maximum absolute atomic E-state index is 12.9. The molecule has 0 aliphatic carbocycles. The molecule has 0 saturated carbocycles. The molecular formula is C60H101N3O46. The molecule has 0 aromatic carbocycles. The van der Waals surface area contributed by atoms with Crippen molar-refractivity contribution in [2.75, 3.05) is 59.5 Å². The van der Waals surface area contributed by atoms with E-state index < -0.39 is 353 Å². The summed E-state index contributed by atoms with van der Waals surface area (Å²) in [4.78, 5) is 38.1. The van der Waals surface area contributed by atoms with Crippen LogP contribution in [-0.2, 0) is 94.9 Å². The van der Waals surface area contributed by atoms with E-state index in [1.165, 1.54) is 0 Å². The molecule has 9 rings (SSSR count). The summed E-state index contributed by atoms with van der Waals surface area (Å²) in [5.41, 5.74) is 0. The van der Waals surface area contributed by atoms with Gasteiger partial charge in [-0.2, -0.15) is 0 Å². The van der Waals surface area contributed by atoms with E-state index in [2.05, 4.69) is 16.0 Å². The highest BCUT2D eigenvalue weighted by Gasteiger charge is 2.60. The quantitative estimate of drug-likeness (QED) is 0.0346. The van der Waals surface area contributed by atoms with Gasteiger partial charge in [0.05, 0.1) is 59.5 Å². The first kappa shape index (κ1) is 89.6. The summed E-state index contributed by atoms with van der Waals surface area (Å²) in [6, 6.07) is -5.44. The lowest BCUT2D eigenvalue weighted by Crippen LogP contribution is -2.70. The number of amides is 3. The van der Waals surface area contributed by atoms with Gasteiger partial charge in [-0.25, -0.2) is 0 Å². The number of aliphatic hydroxyl groups excluding tert-OH is 26. The maximum Gasteiger partial charge on any atom is 0.217 e. The Kier molecular flexibility index (Phi) is 32.1. The molecule has 49 nitrogen and oxygen atoms in total. The Labute approximate surface area is 616 Å². The largest absolute Gasteiger partial charge is 0.394 e. The van der Waals surface area contributed by atoms with Crippen molar-refractivity contribution >= 4 is 17.7 Å². The van der Waals surface area contributed by atoms with E-state index in [9.17, 15) is 147 Å². The zero-order chi connectivity index (χ0) is 80.2. The molecule has 49 heteroatoms. The smallest absolute Gasteiger partial charge is 0.217 e. The molecule has 0 aromatic rings. The summed E-state index contributed by atoms with van der Waals surface area (Å²) in [7, 11) is 0. The van der Waals surface area contributed by atoms with Gasteiger partial charge in [0.2, 0.25) is 17.7 Å². The second-order valence-corrected chi connectivity index (χ2v) is 27.5. The highest BCUT2D eigenvalue weighted by molar-refractivity contribution is 5.74. The minimum Gasteiger partial charge on any atom is -0.394 e. The zero-order valence-corrected chi connectivity index (χ0v) is 58.1. The molecule has 632 valence electrons. The summed E-state index contributed by atoms with van der Waals surface area (Å²) in [5.74, 6) is -2.67. The second kappa shape index (κ2) is 39.1. The van der Waals surface area contributed by atoms with Gasteiger partial charge in [-0.15, -0.1) is 0 Å². The molecule has 9 fully saturated rings. The van der Waals surface area contributed by atoms with Gasteiger partial charge in [0.1, 0.15) is 220 Å². The first-order valence-electron chi connectivity index (χ1n) is 34.6. The lowest BCUT2D eigenvalue weighted by molar-refractivity contribution is -0.386. The fraction of sp³-hybridized carbons (Fsp3) is 0.950. The molecule has 29 N–H and O–H groups in total. The molecule has 0 spiro atoms. The first-order chi connectivity index (χ1) is 51.6. The van der Waals surface area contributed by atoms with Crippen LogP contribution in [0, 0.1) is 0 Å². The van der Waals surface area contributed by atoms with Crippen molar-refractivity contribution in [2.45, 2.75) is 297 Å². The van der Waals surface area contributed by atoms with Crippen LogP contribution >= 0.6 is 0 Å². The summed E-state index contributed by atoms with van der Waals surface area (Å²) >= 11 is 0. The first-order valence-corrected chi connectivity index (χ1v) is 34.6. The van der Waals surface area contributed by atoms with E-state index >= 15 is 0 Å². The van der Waals surface area contributed by atoms with Crippen molar-refractivity contribution in [2.24, 2.45) is 0 Å². The van der Waals surface area contributed by atoms with Crippen molar-refractivity contribution < 1.29 is 228 Å². The topological polar surface area (TPSA) is 770 Å². The van der Waals surface area contributed by atoms with Crippen LogP contribution in [0.1, 0.15) is 20.8 Å². The number of hydrogen-bond acceptors (Lipinski definition) is 46. The van der Waals surface area contributed by atoms with Gasteiger partial charge in [0, 0.05) is 20.8 Å². The Morgan fingerprint density at radius 1 is 0.239 bits per heavy atom. The number of ether oxygens (including phenoxy) is 17. The van der Waals surface area contributed by atoms with E-state index in [1.54, 1.807) is 0 Å².